The number of nitrogens with zero attached hydrogens (tertiary/aromatic N) is 2. The third-order valence-corrected chi connectivity index (χ3v) is 4.17. The summed E-state index contributed by atoms with van der Waals surface area (Å²) in [7, 11) is 1.67. The molecule has 0 unspecified atom stereocenters. The molecule has 1 heterocycles. The van der Waals surface area contributed by atoms with Crippen LogP contribution in [0.5, 0.6) is 0 Å². The second kappa shape index (κ2) is 7.42. The minimum Gasteiger partial charge on any atom is -0.461 e. The normalized spacial score (nSPS) is 10.5. The number of benzene rings is 2. The van der Waals surface area contributed by atoms with Crippen molar-refractivity contribution in [2.75, 3.05) is 6.61 Å². The molecule has 27 heavy (non-hydrogen) atoms. The first-order valence-corrected chi connectivity index (χ1v) is 8.26. The molecule has 136 valence electrons. The molecule has 0 radical (unpaired) electrons. The molecule has 0 aliphatic carbocycles. The molecule has 0 amide bonds. The molecule has 1 aromatic heterocycles. The fraction of sp³-hybridized carbons (Fsp3) is 0.143. The van der Waals surface area contributed by atoms with Gasteiger partial charge in [0, 0.05) is 30.4 Å². The van der Waals surface area contributed by atoms with Crippen LogP contribution in [0.25, 0.3) is 27.1 Å². The molecule has 0 saturated carbocycles. The Morgan fingerprint density at radius 3 is 2.41 bits per heavy atom. The van der Waals surface area contributed by atoms with Gasteiger partial charge in [-0.25, -0.2) is 18.4 Å². The summed E-state index contributed by atoms with van der Waals surface area (Å²) < 4.78 is 33.8. The van der Waals surface area contributed by atoms with Crippen LogP contribution in [0.2, 0.25) is 0 Å². The largest absolute Gasteiger partial charge is 0.461 e. The average molecular weight is 366 g/mol. The lowest BCUT2D eigenvalue weighted by Gasteiger charge is -2.09. The van der Waals surface area contributed by atoms with E-state index in [0.29, 0.717) is 22.4 Å². The van der Waals surface area contributed by atoms with Crippen molar-refractivity contribution < 1.29 is 18.3 Å². The zero-order valence-corrected chi connectivity index (χ0v) is 14.8. The molecule has 2 aromatic carbocycles. The molecule has 4 nitrogen and oxygen atoms in total. The van der Waals surface area contributed by atoms with E-state index in [4.69, 9.17) is 11.3 Å². The molecule has 0 N–H and O–H groups in total. The number of aromatic nitrogens is 1. The van der Waals surface area contributed by atoms with E-state index in [0.717, 1.165) is 6.07 Å². The minimum atomic E-state index is -0.656. The molecule has 0 aliphatic heterocycles. The number of rotatable bonds is 4. The molecule has 0 atom stereocenters. The summed E-state index contributed by atoms with van der Waals surface area (Å²) in [5.41, 5.74) is 2.54. The maximum absolute atomic E-state index is 14.0. The second-order valence-corrected chi connectivity index (χ2v) is 5.88. The van der Waals surface area contributed by atoms with Gasteiger partial charge in [0.05, 0.1) is 13.2 Å². The molecule has 0 spiro atoms. The Bertz CT molecular complexity index is 1050. The first-order chi connectivity index (χ1) is 13.0. The van der Waals surface area contributed by atoms with E-state index < -0.39 is 17.6 Å². The molecule has 3 aromatic rings. The number of aryl methyl sites for hydroxylation is 1. The Hall–Kier alpha value is -3.46. The van der Waals surface area contributed by atoms with Crippen molar-refractivity contribution in [2.45, 2.75) is 6.92 Å². The highest BCUT2D eigenvalue weighted by Crippen LogP contribution is 2.37. The van der Waals surface area contributed by atoms with Crippen LogP contribution in [0.15, 0.2) is 48.7 Å². The summed E-state index contributed by atoms with van der Waals surface area (Å²) in [4.78, 5) is 15.8. The van der Waals surface area contributed by atoms with E-state index in [1.165, 1.54) is 12.1 Å². The summed E-state index contributed by atoms with van der Waals surface area (Å²) in [5.74, 6) is -1.81. The van der Waals surface area contributed by atoms with Gasteiger partial charge in [0.1, 0.15) is 17.3 Å². The summed E-state index contributed by atoms with van der Waals surface area (Å²) in [6, 6.07) is 10.1. The van der Waals surface area contributed by atoms with Crippen LogP contribution in [-0.2, 0) is 11.8 Å². The predicted octanol–water partition coefficient (Wildman–Crippen LogP) is 5.36. The number of esters is 1. The number of ether oxygens (including phenoxy) is 1. The second-order valence-electron chi connectivity index (χ2n) is 5.88. The standard InChI is InChI=1S/C21H16F2N2O2/c1-4-27-21(26)20-19(18(24-2)12-25(20)3)14-7-5-13(6-8-14)16-10-9-15(22)11-17(16)23/h5-12H,4H2,1,3H3. The quantitative estimate of drug-likeness (QED) is 0.460. The van der Waals surface area contributed by atoms with Crippen molar-refractivity contribution >= 4 is 11.7 Å². The fourth-order valence-corrected chi connectivity index (χ4v) is 2.97. The number of hydrogen-bond donors (Lipinski definition) is 0. The van der Waals surface area contributed by atoms with Crippen LogP contribution in [0.4, 0.5) is 14.5 Å². The smallest absolute Gasteiger partial charge is 0.354 e. The zero-order chi connectivity index (χ0) is 19.6. The van der Waals surface area contributed by atoms with Crippen molar-refractivity contribution in [2.24, 2.45) is 7.05 Å². The van der Waals surface area contributed by atoms with E-state index in [1.54, 1.807) is 49.0 Å². The van der Waals surface area contributed by atoms with Crippen LogP contribution in [0.3, 0.4) is 0 Å². The highest BCUT2D eigenvalue weighted by atomic mass is 19.1. The molecule has 0 bridgehead atoms. The first kappa shape index (κ1) is 18.3. The Morgan fingerprint density at radius 1 is 1.15 bits per heavy atom. The summed E-state index contributed by atoms with van der Waals surface area (Å²) in [6.45, 7) is 9.32. The highest BCUT2D eigenvalue weighted by molar-refractivity contribution is 6.00. The number of halogens is 2. The SMILES string of the molecule is [C-]#[N+]c1cn(C)c(C(=O)OCC)c1-c1ccc(-c2ccc(F)cc2F)cc1. The lowest BCUT2D eigenvalue weighted by atomic mass is 9.99. The Kier molecular flexibility index (Phi) is 5.04. The molecular formula is C21H16F2N2O2. The number of carbonyl (C=O) groups is 1. The Labute approximate surface area is 155 Å². The van der Waals surface area contributed by atoms with Gasteiger partial charge in [0.25, 0.3) is 0 Å². The topological polar surface area (TPSA) is 35.6 Å². The van der Waals surface area contributed by atoms with E-state index in [-0.39, 0.29) is 17.9 Å². The minimum absolute atomic E-state index is 0.222. The summed E-state index contributed by atoms with van der Waals surface area (Å²) >= 11 is 0. The molecule has 3 rings (SSSR count). The van der Waals surface area contributed by atoms with E-state index in [9.17, 15) is 13.6 Å². The van der Waals surface area contributed by atoms with E-state index >= 15 is 0 Å². The Morgan fingerprint density at radius 2 is 1.81 bits per heavy atom. The van der Waals surface area contributed by atoms with Gasteiger partial charge in [-0.1, -0.05) is 24.3 Å². The van der Waals surface area contributed by atoms with Crippen LogP contribution in [0, 0.1) is 18.2 Å². The molecular weight excluding hydrogens is 350 g/mol. The Balaban J connectivity index is 2.08. The number of hydrogen-bond acceptors (Lipinski definition) is 2. The van der Waals surface area contributed by atoms with Crippen LogP contribution in [-0.4, -0.2) is 17.1 Å². The van der Waals surface area contributed by atoms with E-state index in [1.807, 2.05) is 0 Å². The van der Waals surface area contributed by atoms with Gasteiger partial charge in [-0.3, -0.25) is 0 Å². The third-order valence-electron chi connectivity index (χ3n) is 4.17. The van der Waals surface area contributed by atoms with Crippen molar-refractivity contribution in [3.63, 3.8) is 0 Å². The maximum atomic E-state index is 14.0. The van der Waals surface area contributed by atoms with Gasteiger partial charge in [-0.2, -0.15) is 0 Å². The van der Waals surface area contributed by atoms with Crippen LogP contribution in [0.1, 0.15) is 17.4 Å². The van der Waals surface area contributed by atoms with Crippen molar-refractivity contribution in [1.82, 2.24) is 4.57 Å². The van der Waals surface area contributed by atoms with Crippen LogP contribution >= 0.6 is 0 Å². The lowest BCUT2D eigenvalue weighted by molar-refractivity contribution is 0.0516. The van der Waals surface area contributed by atoms with Gasteiger partial charge in [-0.05, 0) is 30.2 Å². The molecule has 0 aliphatic rings. The zero-order valence-electron chi connectivity index (χ0n) is 14.8. The monoisotopic (exact) mass is 366 g/mol. The van der Waals surface area contributed by atoms with Gasteiger partial charge in [0.2, 0.25) is 5.69 Å². The van der Waals surface area contributed by atoms with Gasteiger partial charge in [-0.15, -0.1) is 0 Å². The summed E-state index contributed by atoms with van der Waals surface area (Å²) in [6.07, 6.45) is 1.57. The maximum Gasteiger partial charge on any atom is 0.354 e. The van der Waals surface area contributed by atoms with Crippen molar-refractivity contribution in [3.05, 3.63) is 77.4 Å². The average Bonchev–Trinajstić information content (AvgIpc) is 2.98. The van der Waals surface area contributed by atoms with Crippen molar-refractivity contribution in [3.8, 4) is 22.3 Å². The number of carbonyl (C=O) groups excluding carboxylic acids is 1. The highest BCUT2D eigenvalue weighted by Gasteiger charge is 2.22. The molecule has 6 heteroatoms. The molecule has 0 fully saturated rings. The van der Waals surface area contributed by atoms with Gasteiger partial charge < -0.3 is 9.30 Å². The third kappa shape index (κ3) is 3.44. The van der Waals surface area contributed by atoms with Crippen molar-refractivity contribution in [1.29, 1.82) is 0 Å². The summed E-state index contributed by atoms with van der Waals surface area (Å²) in [5, 5.41) is 0. The first-order valence-electron chi connectivity index (χ1n) is 8.26. The van der Waals surface area contributed by atoms with E-state index in [2.05, 4.69) is 4.85 Å². The van der Waals surface area contributed by atoms with Crippen LogP contribution < -0.4 is 0 Å². The lowest BCUT2D eigenvalue weighted by Crippen LogP contribution is -2.10. The molecule has 0 saturated heterocycles. The van der Waals surface area contributed by atoms with Gasteiger partial charge >= 0.3 is 5.97 Å². The van der Waals surface area contributed by atoms with Gasteiger partial charge in [0.15, 0.2) is 0 Å². The fourth-order valence-electron chi connectivity index (χ4n) is 2.97. The predicted molar refractivity (Wildman–Crippen MR) is 98.4 cm³/mol.